The van der Waals surface area contributed by atoms with Crippen LogP contribution >= 0.6 is 11.3 Å². The van der Waals surface area contributed by atoms with Crippen LogP contribution in [-0.2, 0) is 17.8 Å². The Balaban J connectivity index is 2.39. The van der Waals surface area contributed by atoms with Crippen molar-refractivity contribution in [1.82, 2.24) is 10.6 Å². The first-order valence-electron chi connectivity index (χ1n) is 6.75. The van der Waals surface area contributed by atoms with Crippen molar-refractivity contribution in [3.8, 4) is 0 Å². The minimum absolute atomic E-state index is 0.0169. The molecule has 1 atom stereocenters. The van der Waals surface area contributed by atoms with Crippen LogP contribution < -0.4 is 10.6 Å². The molecule has 0 aliphatic carbocycles. The van der Waals surface area contributed by atoms with Crippen LogP contribution in [0.15, 0.2) is 11.4 Å². The Morgan fingerprint density at radius 1 is 1.35 bits per heavy atom. The van der Waals surface area contributed by atoms with Gasteiger partial charge in [0.15, 0.2) is 0 Å². The van der Waals surface area contributed by atoms with E-state index in [1.807, 2.05) is 19.2 Å². The predicted octanol–water partition coefficient (Wildman–Crippen LogP) is 2.47. The third kappa shape index (κ3) is 4.85. The molecule has 5 nitrogen and oxygen atoms in total. The van der Waals surface area contributed by atoms with E-state index in [0.29, 0.717) is 6.54 Å². The highest BCUT2D eigenvalue weighted by molar-refractivity contribution is 7.10. The first kappa shape index (κ1) is 16.5. The number of carboxylic acids is 1. The molecule has 1 rings (SSSR count). The first-order chi connectivity index (χ1) is 9.45. The van der Waals surface area contributed by atoms with Crippen molar-refractivity contribution in [2.24, 2.45) is 11.8 Å². The molecule has 0 spiro atoms. The molecule has 0 fully saturated rings. The maximum atomic E-state index is 11.7. The van der Waals surface area contributed by atoms with E-state index >= 15 is 0 Å². The third-order valence-electron chi connectivity index (χ3n) is 3.23. The number of amides is 2. The summed E-state index contributed by atoms with van der Waals surface area (Å²) in [5.74, 6) is -1.46. The number of nitrogens with one attached hydrogen (secondary N) is 2. The normalized spacial score (nSPS) is 12.2. The Hall–Kier alpha value is -1.56. The second-order valence-corrected chi connectivity index (χ2v) is 5.98. The molecule has 1 unspecified atom stereocenters. The highest BCUT2D eigenvalue weighted by Gasteiger charge is 2.21. The molecular formula is C14H22N2O3S. The minimum atomic E-state index is -0.883. The quantitative estimate of drug-likeness (QED) is 0.723. The average molecular weight is 298 g/mol. The molecule has 0 saturated heterocycles. The number of carbonyl (C=O) groups excluding carboxylic acids is 1. The number of rotatable bonds is 7. The predicted molar refractivity (Wildman–Crippen MR) is 79.9 cm³/mol. The highest BCUT2D eigenvalue weighted by atomic mass is 32.1. The lowest BCUT2D eigenvalue weighted by Crippen LogP contribution is -2.41. The molecule has 0 radical (unpaired) electrons. The SMILES string of the molecule is CCc1ccsc1CNC(=O)NCC(C(=O)O)C(C)C. The summed E-state index contributed by atoms with van der Waals surface area (Å²) in [4.78, 5) is 23.8. The zero-order valence-corrected chi connectivity index (χ0v) is 12.9. The summed E-state index contributed by atoms with van der Waals surface area (Å²) in [7, 11) is 0. The molecule has 6 heteroatoms. The molecule has 0 bridgehead atoms. The Kier molecular flexibility index (Phi) is 6.51. The van der Waals surface area contributed by atoms with Gasteiger partial charge in [-0.05, 0) is 29.3 Å². The molecule has 0 aromatic carbocycles. The Labute approximate surface area is 123 Å². The van der Waals surface area contributed by atoms with Crippen molar-refractivity contribution in [2.75, 3.05) is 6.54 Å². The van der Waals surface area contributed by atoms with E-state index in [1.165, 1.54) is 5.56 Å². The summed E-state index contributed by atoms with van der Waals surface area (Å²) in [6, 6.07) is 1.73. The van der Waals surface area contributed by atoms with Gasteiger partial charge in [-0.15, -0.1) is 11.3 Å². The van der Waals surface area contributed by atoms with E-state index in [9.17, 15) is 9.59 Å². The fourth-order valence-corrected chi connectivity index (χ4v) is 2.79. The van der Waals surface area contributed by atoms with Crippen LogP contribution in [-0.4, -0.2) is 23.7 Å². The molecular weight excluding hydrogens is 276 g/mol. The van der Waals surface area contributed by atoms with Crippen LogP contribution in [0.25, 0.3) is 0 Å². The lowest BCUT2D eigenvalue weighted by atomic mass is 9.96. The number of thiophene rings is 1. The zero-order valence-electron chi connectivity index (χ0n) is 12.1. The summed E-state index contributed by atoms with van der Waals surface area (Å²) in [5, 5.41) is 16.4. The molecule has 2 amide bonds. The molecule has 0 saturated carbocycles. The smallest absolute Gasteiger partial charge is 0.315 e. The highest BCUT2D eigenvalue weighted by Crippen LogP contribution is 2.16. The van der Waals surface area contributed by atoms with Crippen molar-refractivity contribution in [1.29, 1.82) is 0 Å². The summed E-state index contributed by atoms with van der Waals surface area (Å²) < 4.78 is 0. The third-order valence-corrected chi connectivity index (χ3v) is 4.20. The van der Waals surface area contributed by atoms with Crippen LogP contribution in [0.3, 0.4) is 0 Å². The second-order valence-electron chi connectivity index (χ2n) is 4.97. The maximum absolute atomic E-state index is 11.7. The van der Waals surface area contributed by atoms with Crippen LogP contribution in [0.4, 0.5) is 4.79 Å². The largest absolute Gasteiger partial charge is 0.481 e. The molecule has 0 aliphatic heterocycles. The minimum Gasteiger partial charge on any atom is -0.481 e. The number of aryl methyl sites for hydroxylation is 1. The molecule has 1 aromatic heterocycles. The van der Waals surface area contributed by atoms with Crippen molar-refractivity contribution in [3.05, 3.63) is 21.9 Å². The molecule has 0 aliphatic rings. The number of hydrogen-bond donors (Lipinski definition) is 3. The Morgan fingerprint density at radius 2 is 2.05 bits per heavy atom. The van der Waals surface area contributed by atoms with E-state index in [2.05, 4.69) is 23.6 Å². The van der Waals surface area contributed by atoms with E-state index in [0.717, 1.165) is 11.3 Å². The fraction of sp³-hybridized carbons (Fsp3) is 0.571. The molecule has 1 heterocycles. The van der Waals surface area contributed by atoms with Crippen LogP contribution in [0.5, 0.6) is 0 Å². The lowest BCUT2D eigenvalue weighted by molar-refractivity contribution is -0.142. The maximum Gasteiger partial charge on any atom is 0.315 e. The van der Waals surface area contributed by atoms with Gasteiger partial charge in [-0.1, -0.05) is 20.8 Å². The lowest BCUT2D eigenvalue weighted by Gasteiger charge is -2.17. The Morgan fingerprint density at radius 3 is 2.60 bits per heavy atom. The van der Waals surface area contributed by atoms with Gasteiger partial charge in [-0.3, -0.25) is 4.79 Å². The van der Waals surface area contributed by atoms with Gasteiger partial charge in [0.25, 0.3) is 0 Å². The van der Waals surface area contributed by atoms with Gasteiger partial charge in [-0.2, -0.15) is 0 Å². The number of urea groups is 1. The second kappa shape index (κ2) is 7.89. The average Bonchev–Trinajstić information content (AvgIpc) is 2.83. The standard InChI is InChI=1S/C14H22N2O3S/c1-4-10-5-6-20-12(10)8-16-14(19)15-7-11(9(2)3)13(17)18/h5-6,9,11H,4,7-8H2,1-3H3,(H,17,18)(H2,15,16,19). The van der Waals surface area contributed by atoms with Gasteiger partial charge in [-0.25, -0.2) is 4.79 Å². The molecule has 1 aromatic rings. The topological polar surface area (TPSA) is 78.4 Å². The zero-order chi connectivity index (χ0) is 15.1. The first-order valence-corrected chi connectivity index (χ1v) is 7.63. The molecule has 3 N–H and O–H groups in total. The number of hydrogen-bond acceptors (Lipinski definition) is 3. The van der Waals surface area contributed by atoms with Gasteiger partial charge in [0.1, 0.15) is 0 Å². The summed E-state index contributed by atoms with van der Waals surface area (Å²) >= 11 is 1.61. The monoisotopic (exact) mass is 298 g/mol. The van der Waals surface area contributed by atoms with E-state index < -0.39 is 11.9 Å². The van der Waals surface area contributed by atoms with E-state index in [4.69, 9.17) is 5.11 Å². The van der Waals surface area contributed by atoms with E-state index in [-0.39, 0.29) is 18.5 Å². The van der Waals surface area contributed by atoms with Crippen molar-refractivity contribution in [3.63, 3.8) is 0 Å². The van der Waals surface area contributed by atoms with Crippen LogP contribution in [0, 0.1) is 11.8 Å². The van der Waals surface area contributed by atoms with Gasteiger partial charge in [0.05, 0.1) is 12.5 Å². The fourth-order valence-electron chi connectivity index (χ4n) is 1.87. The van der Waals surface area contributed by atoms with Gasteiger partial charge >= 0.3 is 12.0 Å². The Bertz CT molecular complexity index is 457. The van der Waals surface area contributed by atoms with Crippen LogP contribution in [0.1, 0.15) is 31.2 Å². The van der Waals surface area contributed by atoms with Gasteiger partial charge < -0.3 is 15.7 Å². The van der Waals surface area contributed by atoms with Crippen molar-refractivity contribution < 1.29 is 14.7 Å². The van der Waals surface area contributed by atoms with Crippen LogP contribution in [0.2, 0.25) is 0 Å². The summed E-state index contributed by atoms with van der Waals surface area (Å²) in [6.07, 6.45) is 0.941. The van der Waals surface area contributed by atoms with Crippen molar-refractivity contribution in [2.45, 2.75) is 33.7 Å². The number of carboxylic acid groups (broad SMARTS) is 1. The number of aliphatic carboxylic acids is 1. The summed E-state index contributed by atoms with van der Waals surface area (Å²) in [6.45, 7) is 6.36. The summed E-state index contributed by atoms with van der Waals surface area (Å²) in [5.41, 5.74) is 1.24. The van der Waals surface area contributed by atoms with Gasteiger partial charge in [0.2, 0.25) is 0 Å². The molecule has 112 valence electrons. The number of carbonyl (C=O) groups is 2. The van der Waals surface area contributed by atoms with Gasteiger partial charge in [0, 0.05) is 11.4 Å². The van der Waals surface area contributed by atoms with E-state index in [1.54, 1.807) is 11.3 Å². The molecule has 20 heavy (non-hydrogen) atoms. The van der Waals surface area contributed by atoms with Crippen molar-refractivity contribution >= 4 is 23.3 Å².